The van der Waals surface area contributed by atoms with Crippen molar-refractivity contribution in [2.45, 2.75) is 44.4 Å². The maximum Gasteiger partial charge on any atom is 0.417 e. The van der Waals surface area contributed by atoms with E-state index < -0.39 is 11.7 Å². The number of anilines is 1. The van der Waals surface area contributed by atoms with Gasteiger partial charge in [-0.15, -0.1) is 11.3 Å². The van der Waals surface area contributed by atoms with Crippen molar-refractivity contribution in [1.82, 2.24) is 14.9 Å². The van der Waals surface area contributed by atoms with Gasteiger partial charge in [0.05, 0.1) is 15.4 Å². The van der Waals surface area contributed by atoms with Gasteiger partial charge in [0.15, 0.2) is 0 Å². The average Bonchev–Trinajstić information content (AvgIpc) is 3.49. The van der Waals surface area contributed by atoms with Gasteiger partial charge in [-0.25, -0.2) is 9.97 Å². The number of likely N-dealkylation sites (tertiary alicyclic amines) is 1. The van der Waals surface area contributed by atoms with Gasteiger partial charge in [-0.2, -0.15) is 13.2 Å². The zero-order valence-electron chi connectivity index (χ0n) is 18.0. The monoisotopic (exact) mass is 472 g/mol. The van der Waals surface area contributed by atoms with Crippen LogP contribution in [-0.4, -0.2) is 39.4 Å². The molecule has 2 unspecified atom stereocenters. The normalized spacial score (nSPS) is 22.1. The van der Waals surface area contributed by atoms with E-state index in [1.165, 1.54) is 17.4 Å². The van der Waals surface area contributed by atoms with Crippen LogP contribution in [0, 0.1) is 12.8 Å². The van der Waals surface area contributed by atoms with Gasteiger partial charge in [-0.1, -0.05) is 30.3 Å². The molecule has 33 heavy (non-hydrogen) atoms. The van der Waals surface area contributed by atoms with Gasteiger partial charge < -0.3 is 10.2 Å². The number of aryl methyl sites for hydroxylation is 1. The summed E-state index contributed by atoms with van der Waals surface area (Å²) in [4.78, 5) is 25.0. The van der Waals surface area contributed by atoms with Gasteiger partial charge in [0.25, 0.3) is 5.91 Å². The molecule has 172 valence electrons. The molecule has 1 amide bonds. The molecule has 0 spiro atoms. The summed E-state index contributed by atoms with van der Waals surface area (Å²) in [6.07, 6.45) is -0.716. The molecule has 3 heterocycles. The van der Waals surface area contributed by atoms with Crippen LogP contribution in [0.5, 0.6) is 0 Å². The standard InChI is InChI=1S/C24H23F3N4OS/c1-14-30-21(22(33-14)15-5-3-2-4-6-15)23(32)31-18(9-7-16-11-19(16)31)13-29-20-10-8-17(12-28-20)24(25,26)27/h2-6,8,10,12,16,18-19H,7,9,11,13H2,1H3,(H,28,29)/t16?,18-,19?/m0/s1. The maximum atomic E-state index is 13.7. The summed E-state index contributed by atoms with van der Waals surface area (Å²) in [6, 6.07) is 12.3. The Hall–Kier alpha value is -2.94. The SMILES string of the molecule is Cc1nc(C(=O)N2C3CC3CC[C@H]2CNc2ccc(C(F)(F)F)cn2)c(-c2ccccc2)s1. The lowest BCUT2D eigenvalue weighted by Crippen LogP contribution is -2.48. The number of fused-ring (bicyclic) bond motifs is 1. The summed E-state index contributed by atoms with van der Waals surface area (Å²) in [5.74, 6) is 0.815. The molecule has 1 aromatic carbocycles. The molecule has 9 heteroatoms. The molecular formula is C24H23F3N4OS. The van der Waals surface area contributed by atoms with Crippen LogP contribution in [0.25, 0.3) is 10.4 Å². The number of piperidine rings is 1. The number of nitrogens with zero attached hydrogens (tertiary/aromatic N) is 3. The van der Waals surface area contributed by atoms with E-state index in [0.717, 1.165) is 47.0 Å². The highest BCUT2D eigenvalue weighted by molar-refractivity contribution is 7.15. The van der Waals surface area contributed by atoms with Crippen LogP contribution in [0.15, 0.2) is 48.7 Å². The number of alkyl halides is 3. The first-order valence-electron chi connectivity index (χ1n) is 10.9. The van der Waals surface area contributed by atoms with Crippen LogP contribution in [0.3, 0.4) is 0 Å². The predicted molar refractivity (Wildman–Crippen MR) is 121 cm³/mol. The Balaban J connectivity index is 1.35. The van der Waals surface area contributed by atoms with E-state index in [2.05, 4.69) is 15.3 Å². The number of benzene rings is 1. The fraction of sp³-hybridized carbons (Fsp3) is 0.375. The molecule has 1 N–H and O–H groups in total. The second-order valence-electron chi connectivity index (χ2n) is 8.59. The highest BCUT2D eigenvalue weighted by atomic mass is 32.1. The Kier molecular flexibility index (Phi) is 5.60. The van der Waals surface area contributed by atoms with Crippen molar-refractivity contribution in [3.63, 3.8) is 0 Å². The van der Waals surface area contributed by atoms with Gasteiger partial charge in [0, 0.05) is 24.8 Å². The van der Waals surface area contributed by atoms with Crippen LogP contribution >= 0.6 is 11.3 Å². The number of halogens is 3. The summed E-state index contributed by atoms with van der Waals surface area (Å²) in [5, 5.41) is 3.97. The number of carbonyl (C=O) groups is 1. The quantitative estimate of drug-likeness (QED) is 0.522. The molecule has 3 atom stereocenters. The molecule has 2 aliphatic rings. The lowest BCUT2D eigenvalue weighted by Gasteiger charge is -2.36. The molecule has 0 radical (unpaired) electrons. The topological polar surface area (TPSA) is 58.1 Å². The number of thiazole rings is 1. The number of aromatic nitrogens is 2. The van der Waals surface area contributed by atoms with E-state index in [-0.39, 0.29) is 18.0 Å². The van der Waals surface area contributed by atoms with Crippen LogP contribution in [0.2, 0.25) is 0 Å². The van der Waals surface area contributed by atoms with Crippen molar-refractivity contribution in [1.29, 1.82) is 0 Å². The molecule has 1 saturated heterocycles. The largest absolute Gasteiger partial charge is 0.417 e. The Labute approximate surface area is 193 Å². The fourth-order valence-electron chi connectivity index (χ4n) is 4.58. The number of hydrogen-bond donors (Lipinski definition) is 1. The molecule has 2 aromatic heterocycles. The number of amides is 1. The molecule has 2 fully saturated rings. The number of hydrogen-bond acceptors (Lipinski definition) is 5. The third-order valence-corrected chi connectivity index (χ3v) is 7.34. The lowest BCUT2D eigenvalue weighted by atomic mass is 10.0. The van der Waals surface area contributed by atoms with E-state index >= 15 is 0 Å². The molecule has 3 aromatic rings. The minimum atomic E-state index is -4.42. The van der Waals surface area contributed by atoms with Crippen LogP contribution < -0.4 is 5.32 Å². The maximum absolute atomic E-state index is 13.7. The van der Waals surface area contributed by atoms with E-state index in [1.54, 1.807) is 0 Å². The highest BCUT2D eigenvalue weighted by Crippen LogP contribution is 2.46. The summed E-state index contributed by atoms with van der Waals surface area (Å²) in [7, 11) is 0. The minimum absolute atomic E-state index is 0.0717. The van der Waals surface area contributed by atoms with Gasteiger partial charge in [0.1, 0.15) is 11.5 Å². The summed E-state index contributed by atoms with van der Waals surface area (Å²) in [5.41, 5.74) is 0.670. The number of carbonyl (C=O) groups excluding carboxylic acids is 1. The second-order valence-corrected chi connectivity index (χ2v) is 9.80. The van der Waals surface area contributed by atoms with E-state index in [0.29, 0.717) is 24.0 Å². The molecule has 5 nitrogen and oxygen atoms in total. The van der Waals surface area contributed by atoms with Gasteiger partial charge >= 0.3 is 6.18 Å². The summed E-state index contributed by atoms with van der Waals surface area (Å²) < 4.78 is 38.4. The molecule has 1 saturated carbocycles. The van der Waals surface area contributed by atoms with Gasteiger partial charge in [-0.05, 0) is 49.8 Å². The Morgan fingerprint density at radius 2 is 1.97 bits per heavy atom. The van der Waals surface area contributed by atoms with Gasteiger partial charge in [0.2, 0.25) is 0 Å². The van der Waals surface area contributed by atoms with Crippen molar-refractivity contribution in [3.05, 3.63) is 64.9 Å². The van der Waals surface area contributed by atoms with E-state index in [1.807, 2.05) is 42.2 Å². The Morgan fingerprint density at radius 3 is 2.67 bits per heavy atom. The lowest BCUT2D eigenvalue weighted by molar-refractivity contribution is -0.137. The number of pyridine rings is 1. The van der Waals surface area contributed by atoms with Crippen LogP contribution in [0.4, 0.5) is 19.0 Å². The van der Waals surface area contributed by atoms with E-state index in [9.17, 15) is 18.0 Å². The summed E-state index contributed by atoms with van der Waals surface area (Å²) in [6.45, 7) is 2.33. The smallest absolute Gasteiger partial charge is 0.368 e. The molecule has 0 bridgehead atoms. The van der Waals surface area contributed by atoms with Crippen LogP contribution in [0.1, 0.15) is 40.3 Å². The molecule has 1 aliphatic heterocycles. The predicted octanol–water partition coefficient (Wildman–Crippen LogP) is 5.64. The highest BCUT2D eigenvalue weighted by Gasteiger charge is 2.50. The number of nitrogens with one attached hydrogen (secondary N) is 1. The molecular weight excluding hydrogens is 449 g/mol. The van der Waals surface area contributed by atoms with Gasteiger partial charge in [-0.3, -0.25) is 4.79 Å². The van der Waals surface area contributed by atoms with Crippen molar-refractivity contribution in [2.24, 2.45) is 5.92 Å². The first-order valence-corrected chi connectivity index (χ1v) is 11.8. The Bertz CT molecular complexity index is 1150. The first-order chi connectivity index (χ1) is 15.8. The first kappa shape index (κ1) is 21.9. The zero-order valence-corrected chi connectivity index (χ0v) is 18.8. The second kappa shape index (κ2) is 8.44. The molecule has 1 aliphatic carbocycles. The van der Waals surface area contributed by atoms with Crippen molar-refractivity contribution in [2.75, 3.05) is 11.9 Å². The number of rotatable bonds is 5. The van der Waals surface area contributed by atoms with Crippen LogP contribution in [-0.2, 0) is 6.18 Å². The third-order valence-electron chi connectivity index (χ3n) is 6.32. The molecule has 5 rings (SSSR count). The average molecular weight is 473 g/mol. The fourth-order valence-corrected chi connectivity index (χ4v) is 5.50. The zero-order chi connectivity index (χ0) is 23.2. The minimum Gasteiger partial charge on any atom is -0.368 e. The van der Waals surface area contributed by atoms with Crippen molar-refractivity contribution >= 4 is 23.1 Å². The third kappa shape index (κ3) is 4.46. The summed E-state index contributed by atoms with van der Waals surface area (Å²) >= 11 is 1.51. The van der Waals surface area contributed by atoms with Crippen molar-refractivity contribution in [3.8, 4) is 10.4 Å². The van der Waals surface area contributed by atoms with Crippen molar-refractivity contribution < 1.29 is 18.0 Å². The van der Waals surface area contributed by atoms with E-state index in [4.69, 9.17) is 0 Å². The Morgan fingerprint density at radius 1 is 1.18 bits per heavy atom.